The number of likely N-dealkylation sites (tertiary alicyclic amines) is 1. The highest BCUT2D eigenvalue weighted by Crippen LogP contribution is 2.30. The van der Waals surface area contributed by atoms with Crippen LogP contribution in [0.3, 0.4) is 0 Å². The maximum absolute atomic E-state index is 11.2. The monoisotopic (exact) mass is 281 g/mol. The molecule has 4 N–H and O–H groups in total. The molecule has 2 unspecified atom stereocenters. The molecule has 2 atom stereocenters. The first-order valence-corrected chi connectivity index (χ1v) is 7.88. The van der Waals surface area contributed by atoms with Gasteiger partial charge in [0.25, 0.3) is 0 Å². The van der Waals surface area contributed by atoms with E-state index in [1.807, 2.05) is 0 Å². The van der Waals surface area contributed by atoms with Gasteiger partial charge in [0, 0.05) is 12.0 Å². The maximum atomic E-state index is 11.2. The predicted octanol–water partition coefficient (Wildman–Crippen LogP) is 1.72. The molecule has 19 heavy (non-hydrogen) atoms. The number of hydrogen-bond acceptors (Lipinski definition) is 4. The van der Waals surface area contributed by atoms with Crippen LogP contribution >= 0.6 is 11.3 Å². The number of amides is 1. The molecule has 1 aromatic heterocycles. The highest BCUT2D eigenvalue weighted by molar-refractivity contribution is 7.07. The van der Waals surface area contributed by atoms with Crippen LogP contribution in [0.2, 0.25) is 0 Å². The van der Waals surface area contributed by atoms with Crippen LogP contribution in [0.5, 0.6) is 0 Å². The molecule has 1 aliphatic heterocycles. The van der Waals surface area contributed by atoms with Crippen molar-refractivity contribution in [1.82, 2.24) is 4.90 Å². The molecule has 106 valence electrons. The lowest BCUT2D eigenvalue weighted by molar-refractivity contribution is -0.123. The molecule has 0 radical (unpaired) electrons. The molecule has 4 nitrogen and oxygen atoms in total. The van der Waals surface area contributed by atoms with E-state index in [9.17, 15) is 4.79 Å². The minimum atomic E-state index is -0.161. The van der Waals surface area contributed by atoms with Crippen molar-refractivity contribution in [2.75, 3.05) is 13.1 Å². The smallest absolute Gasteiger partial charge is 0.220 e. The second-order valence-electron chi connectivity index (χ2n) is 5.29. The second-order valence-corrected chi connectivity index (χ2v) is 6.07. The van der Waals surface area contributed by atoms with Crippen molar-refractivity contribution in [3.63, 3.8) is 0 Å². The molecule has 0 aromatic carbocycles. The van der Waals surface area contributed by atoms with Gasteiger partial charge in [-0.2, -0.15) is 11.3 Å². The first kappa shape index (κ1) is 14.5. The van der Waals surface area contributed by atoms with E-state index in [2.05, 4.69) is 28.7 Å². The van der Waals surface area contributed by atoms with Gasteiger partial charge in [0.05, 0.1) is 6.04 Å². The summed E-state index contributed by atoms with van der Waals surface area (Å²) in [6, 6.07) is 2.56. The van der Waals surface area contributed by atoms with E-state index >= 15 is 0 Å². The Kier molecular flexibility index (Phi) is 4.96. The second kappa shape index (κ2) is 6.50. The fourth-order valence-electron chi connectivity index (χ4n) is 2.86. The van der Waals surface area contributed by atoms with Crippen LogP contribution < -0.4 is 11.5 Å². The maximum Gasteiger partial charge on any atom is 0.220 e. The van der Waals surface area contributed by atoms with Crippen LogP contribution in [0.25, 0.3) is 0 Å². The van der Waals surface area contributed by atoms with E-state index in [1.54, 1.807) is 11.3 Å². The standard InChI is InChI=1S/C14H23N3OS/c1-2-12(15)13(11-5-8-19-9-11)17-6-3-10(4-7-17)14(16)18/h5,8-10,12-13H,2-4,6-7,15H2,1H3,(H2,16,18). The van der Waals surface area contributed by atoms with E-state index in [4.69, 9.17) is 11.5 Å². The minimum Gasteiger partial charge on any atom is -0.369 e. The van der Waals surface area contributed by atoms with Crippen molar-refractivity contribution < 1.29 is 4.79 Å². The number of rotatable bonds is 5. The SMILES string of the molecule is CCC(N)C(c1ccsc1)N1CCC(C(N)=O)CC1. The Bertz CT molecular complexity index is 399. The number of thiophene rings is 1. The molecular weight excluding hydrogens is 258 g/mol. The molecule has 2 rings (SSSR count). The Hall–Kier alpha value is -0.910. The Labute approximate surface area is 118 Å². The van der Waals surface area contributed by atoms with Crippen LogP contribution in [-0.4, -0.2) is 29.9 Å². The van der Waals surface area contributed by atoms with Crippen molar-refractivity contribution in [1.29, 1.82) is 0 Å². The summed E-state index contributed by atoms with van der Waals surface area (Å²) in [7, 11) is 0. The van der Waals surface area contributed by atoms with Gasteiger partial charge in [-0.25, -0.2) is 0 Å². The fraction of sp³-hybridized carbons (Fsp3) is 0.643. The minimum absolute atomic E-state index is 0.0391. The zero-order chi connectivity index (χ0) is 13.8. The summed E-state index contributed by atoms with van der Waals surface area (Å²) in [5, 5.41) is 4.28. The topological polar surface area (TPSA) is 72.3 Å². The molecule has 1 fully saturated rings. The summed E-state index contributed by atoms with van der Waals surface area (Å²) >= 11 is 1.71. The number of carbonyl (C=O) groups excluding carboxylic acids is 1. The summed E-state index contributed by atoms with van der Waals surface area (Å²) in [5.74, 6) is -0.122. The van der Waals surface area contributed by atoms with E-state index in [0.717, 1.165) is 32.4 Å². The average molecular weight is 281 g/mol. The van der Waals surface area contributed by atoms with Crippen molar-refractivity contribution in [3.05, 3.63) is 22.4 Å². The number of nitrogens with two attached hydrogens (primary N) is 2. The molecule has 0 spiro atoms. The first-order chi connectivity index (χ1) is 9.13. The average Bonchev–Trinajstić information content (AvgIpc) is 2.93. The largest absolute Gasteiger partial charge is 0.369 e. The van der Waals surface area contributed by atoms with Crippen molar-refractivity contribution in [2.45, 2.75) is 38.3 Å². The predicted molar refractivity (Wildman–Crippen MR) is 78.8 cm³/mol. The normalized spacial score (nSPS) is 21.2. The Morgan fingerprint density at radius 1 is 1.53 bits per heavy atom. The van der Waals surface area contributed by atoms with Crippen molar-refractivity contribution in [2.24, 2.45) is 17.4 Å². The van der Waals surface area contributed by atoms with Gasteiger partial charge in [-0.05, 0) is 54.7 Å². The number of primary amides is 1. The molecule has 0 saturated carbocycles. The third-order valence-corrected chi connectivity index (χ3v) is 4.79. The lowest BCUT2D eigenvalue weighted by atomic mass is 9.91. The van der Waals surface area contributed by atoms with E-state index < -0.39 is 0 Å². The summed E-state index contributed by atoms with van der Waals surface area (Å²) in [4.78, 5) is 13.6. The number of carbonyl (C=O) groups is 1. The molecule has 1 amide bonds. The molecule has 1 aromatic rings. The van der Waals surface area contributed by atoms with Crippen LogP contribution in [0, 0.1) is 5.92 Å². The van der Waals surface area contributed by atoms with Gasteiger partial charge < -0.3 is 11.5 Å². The van der Waals surface area contributed by atoms with Gasteiger partial charge in [0.15, 0.2) is 0 Å². The van der Waals surface area contributed by atoms with Gasteiger partial charge in [0.2, 0.25) is 5.91 Å². The Balaban J connectivity index is 2.07. The lowest BCUT2D eigenvalue weighted by Crippen LogP contribution is -2.46. The Morgan fingerprint density at radius 3 is 2.68 bits per heavy atom. The van der Waals surface area contributed by atoms with Crippen LogP contribution in [0.15, 0.2) is 16.8 Å². The summed E-state index contributed by atoms with van der Waals surface area (Å²) in [6.45, 7) is 3.93. The highest BCUT2D eigenvalue weighted by Gasteiger charge is 2.31. The third kappa shape index (κ3) is 3.35. The zero-order valence-electron chi connectivity index (χ0n) is 11.4. The zero-order valence-corrected chi connectivity index (χ0v) is 12.2. The van der Waals surface area contributed by atoms with Crippen molar-refractivity contribution in [3.8, 4) is 0 Å². The van der Waals surface area contributed by atoms with E-state index in [-0.39, 0.29) is 23.9 Å². The van der Waals surface area contributed by atoms with E-state index in [1.165, 1.54) is 5.56 Å². The fourth-order valence-corrected chi connectivity index (χ4v) is 3.55. The number of nitrogens with zero attached hydrogens (tertiary/aromatic N) is 1. The Morgan fingerprint density at radius 2 is 2.21 bits per heavy atom. The highest BCUT2D eigenvalue weighted by atomic mass is 32.1. The van der Waals surface area contributed by atoms with Crippen LogP contribution in [0.1, 0.15) is 37.8 Å². The van der Waals surface area contributed by atoms with Gasteiger partial charge in [-0.1, -0.05) is 6.92 Å². The third-order valence-electron chi connectivity index (χ3n) is 4.09. The quantitative estimate of drug-likeness (QED) is 0.863. The molecule has 1 aliphatic rings. The molecule has 0 bridgehead atoms. The summed E-state index contributed by atoms with van der Waals surface area (Å²) in [6.07, 6.45) is 2.66. The van der Waals surface area contributed by atoms with E-state index in [0.29, 0.717) is 0 Å². The summed E-state index contributed by atoms with van der Waals surface area (Å²) in [5.41, 5.74) is 13.0. The molecule has 1 saturated heterocycles. The summed E-state index contributed by atoms with van der Waals surface area (Å²) < 4.78 is 0. The molecular formula is C14H23N3OS. The molecule has 0 aliphatic carbocycles. The van der Waals surface area contributed by atoms with Crippen LogP contribution in [0.4, 0.5) is 0 Å². The van der Waals surface area contributed by atoms with Crippen LogP contribution in [-0.2, 0) is 4.79 Å². The molecule has 2 heterocycles. The van der Waals surface area contributed by atoms with Crippen molar-refractivity contribution >= 4 is 17.2 Å². The number of piperidine rings is 1. The number of hydrogen-bond donors (Lipinski definition) is 2. The first-order valence-electron chi connectivity index (χ1n) is 6.94. The van der Waals surface area contributed by atoms with Gasteiger partial charge in [0.1, 0.15) is 0 Å². The van der Waals surface area contributed by atoms with Gasteiger partial charge in [-0.3, -0.25) is 9.69 Å². The van der Waals surface area contributed by atoms with Gasteiger partial charge in [-0.15, -0.1) is 0 Å². The molecule has 5 heteroatoms. The van der Waals surface area contributed by atoms with Gasteiger partial charge >= 0.3 is 0 Å². The lowest BCUT2D eigenvalue weighted by Gasteiger charge is -2.39.